The van der Waals surface area contributed by atoms with Gasteiger partial charge in [-0.1, -0.05) is 12.8 Å². The second-order valence-corrected chi connectivity index (χ2v) is 8.15. The van der Waals surface area contributed by atoms with E-state index in [4.69, 9.17) is 4.74 Å². The Bertz CT molecular complexity index is 567. The number of aryl methyl sites for hydroxylation is 1. The fourth-order valence-electron chi connectivity index (χ4n) is 4.75. The molecule has 3 fully saturated rings. The molecular weight excluding hydrogens is 298 g/mol. The Morgan fingerprint density at radius 3 is 3.05 bits per heavy atom. The van der Waals surface area contributed by atoms with Gasteiger partial charge in [0.2, 0.25) is 0 Å². The van der Waals surface area contributed by atoms with Crippen molar-refractivity contribution in [2.75, 3.05) is 6.61 Å². The number of carbonyl (C=O) groups is 1. The Balaban J connectivity index is 1.36. The largest absolute Gasteiger partial charge is 0.377 e. The molecule has 5 nitrogen and oxygen atoms in total. The molecule has 22 heavy (non-hydrogen) atoms. The maximum absolute atomic E-state index is 12.3. The molecule has 1 aromatic heterocycles. The number of urea groups is 1. The van der Waals surface area contributed by atoms with Gasteiger partial charge in [-0.25, -0.2) is 9.78 Å². The summed E-state index contributed by atoms with van der Waals surface area (Å²) >= 11 is 1.63. The summed E-state index contributed by atoms with van der Waals surface area (Å²) in [7, 11) is 0. The minimum atomic E-state index is -0.0484. The molecule has 2 saturated carbocycles. The molecular formula is C16H23N3O2S. The maximum atomic E-state index is 12.3. The van der Waals surface area contributed by atoms with E-state index in [1.165, 1.54) is 25.7 Å². The van der Waals surface area contributed by atoms with Crippen LogP contribution in [0.2, 0.25) is 0 Å². The zero-order valence-electron chi connectivity index (χ0n) is 12.9. The summed E-state index contributed by atoms with van der Waals surface area (Å²) in [5.41, 5.74) is 0.222. The van der Waals surface area contributed by atoms with Crippen LogP contribution in [0, 0.1) is 18.3 Å². The monoisotopic (exact) mass is 321 g/mol. The lowest BCUT2D eigenvalue weighted by Crippen LogP contribution is -2.69. The molecule has 0 aromatic carbocycles. The Kier molecular flexibility index (Phi) is 3.61. The highest BCUT2D eigenvalue weighted by atomic mass is 32.1. The van der Waals surface area contributed by atoms with Gasteiger partial charge in [0.15, 0.2) is 0 Å². The van der Waals surface area contributed by atoms with Gasteiger partial charge in [-0.05, 0) is 26.2 Å². The fraction of sp³-hybridized carbons (Fsp3) is 0.750. The zero-order chi connectivity index (χ0) is 15.2. The topological polar surface area (TPSA) is 63.2 Å². The van der Waals surface area contributed by atoms with Crippen molar-refractivity contribution in [2.45, 2.75) is 57.7 Å². The summed E-state index contributed by atoms with van der Waals surface area (Å²) in [6.07, 6.45) is 8.26. The van der Waals surface area contributed by atoms with Crippen LogP contribution in [-0.4, -0.2) is 29.8 Å². The summed E-state index contributed by atoms with van der Waals surface area (Å²) in [6.45, 7) is 3.39. The third kappa shape index (κ3) is 2.24. The summed E-state index contributed by atoms with van der Waals surface area (Å²) in [5.74, 6) is 0.523. The van der Waals surface area contributed by atoms with Crippen molar-refractivity contribution in [3.63, 3.8) is 0 Å². The average molecular weight is 321 g/mol. The van der Waals surface area contributed by atoms with Gasteiger partial charge in [-0.2, -0.15) is 0 Å². The van der Waals surface area contributed by atoms with Crippen molar-refractivity contribution in [1.29, 1.82) is 0 Å². The van der Waals surface area contributed by atoms with Gasteiger partial charge in [0.1, 0.15) is 0 Å². The molecule has 0 unspecified atom stereocenters. The summed E-state index contributed by atoms with van der Waals surface area (Å²) in [5, 5.41) is 7.26. The van der Waals surface area contributed by atoms with Crippen molar-refractivity contribution in [1.82, 2.24) is 15.6 Å². The van der Waals surface area contributed by atoms with Gasteiger partial charge in [0, 0.05) is 35.1 Å². The lowest BCUT2D eigenvalue weighted by Gasteiger charge is -2.56. The molecule has 3 atom stereocenters. The summed E-state index contributed by atoms with van der Waals surface area (Å²) < 4.78 is 5.96. The number of rotatable bonds is 3. The van der Waals surface area contributed by atoms with Gasteiger partial charge in [-0.3, -0.25) is 0 Å². The highest BCUT2D eigenvalue weighted by Crippen LogP contribution is 2.60. The molecule has 2 N–H and O–H groups in total. The van der Waals surface area contributed by atoms with Crippen LogP contribution in [0.4, 0.5) is 4.79 Å². The minimum absolute atomic E-state index is 0.0484. The molecule has 0 bridgehead atoms. The van der Waals surface area contributed by atoms with Crippen molar-refractivity contribution >= 4 is 17.4 Å². The first-order chi connectivity index (χ1) is 10.7. The molecule has 2 amide bonds. The Labute approximate surface area is 134 Å². The molecule has 1 saturated heterocycles. The SMILES string of the molecule is Cc1ncc(CNC(=O)N[C@@H]2[C@@H]3CCO[C@H]3C23CCCC3)s1. The van der Waals surface area contributed by atoms with Crippen LogP contribution in [0.5, 0.6) is 0 Å². The van der Waals surface area contributed by atoms with Crippen molar-refractivity contribution in [3.8, 4) is 0 Å². The van der Waals surface area contributed by atoms with E-state index in [-0.39, 0.29) is 11.4 Å². The number of thiazole rings is 1. The van der Waals surface area contributed by atoms with E-state index in [0.29, 0.717) is 24.6 Å². The van der Waals surface area contributed by atoms with Crippen molar-refractivity contribution < 1.29 is 9.53 Å². The van der Waals surface area contributed by atoms with E-state index in [1.54, 1.807) is 11.3 Å². The first kappa shape index (κ1) is 14.5. The third-order valence-electron chi connectivity index (χ3n) is 5.67. The van der Waals surface area contributed by atoms with E-state index in [0.717, 1.165) is 22.9 Å². The molecule has 3 aliphatic rings. The molecule has 4 rings (SSSR count). The number of ether oxygens (including phenoxy) is 1. The predicted molar refractivity (Wildman–Crippen MR) is 84.8 cm³/mol. The Hall–Kier alpha value is -1.14. The number of aromatic nitrogens is 1. The van der Waals surface area contributed by atoms with Crippen LogP contribution < -0.4 is 10.6 Å². The van der Waals surface area contributed by atoms with Gasteiger partial charge >= 0.3 is 6.03 Å². The molecule has 2 heterocycles. The lowest BCUT2D eigenvalue weighted by atomic mass is 9.54. The Morgan fingerprint density at radius 1 is 1.50 bits per heavy atom. The number of fused-ring (bicyclic) bond motifs is 2. The highest BCUT2D eigenvalue weighted by Gasteiger charge is 2.65. The lowest BCUT2D eigenvalue weighted by molar-refractivity contribution is -0.126. The number of hydrogen-bond donors (Lipinski definition) is 2. The van der Waals surface area contributed by atoms with Crippen LogP contribution in [-0.2, 0) is 11.3 Å². The number of nitrogens with one attached hydrogen (secondary N) is 2. The fourth-order valence-corrected chi connectivity index (χ4v) is 5.49. The molecule has 120 valence electrons. The Morgan fingerprint density at radius 2 is 2.32 bits per heavy atom. The van der Waals surface area contributed by atoms with E-state index >= 15 is 0 Å². The van der Waals surface area contributed by atoms with Crippen molar-refractivity contribution in [3.05, 3.63) is 16.1 Å². The quantitative estimate of drug-likeness (QED) is 0.899. The predicted octanol–water partition coefficient (Wildman–Crippen LogP) is 2.60. The van der Waals surface area contributed by atoms with E-state index in [2.05, 4.69) is 15.6 Å². The van der Waals surface area contributed by atoms with Crippen LogP contribution in [0.15, 0.2) is 6.20 Å². The second-order valence-electron chi connectivity index (χ2n) is 6.83. The van der Waals surface area contributed by atoms with E-state index in [9.17, 15) is 4.79 Å². The highest BCUT2D eigenvalue weighted by molar-refractivity contribution is 7.11. The summed E-state index contributed by atoms with van der Waals surface area (Å²) in [6, 6.07) is 0.248. The number of nitrogens with zero attached hydrogens (tertiary/aromatic N) is 1. The number of carbonyl (C=O) groups excluding carboxylic acids is 1. The molecule has 2 aliphatic carbocycles. The standard InChI is InChI=1S/C16H23N3O2S/c1-10-17-8-11(22-10)9-18-15(20)19-13-12-4-7-21-14(12)16(13)5-2-3-6-16/h8,12-14H,2-7,9H2,1H3,(H2,18,19,20)/t12-,13+,14+/m0/s1. The van der Waals surface area contributed by atoms with Crippen molar-refractivity contribution in [2.24, 2.45) is 11.3 Å². The summed E-state index contributed by atoms with van der Waals surface area (Å²) in [4.78, 5) is 17.6. The van der Waals surface area contributed by atoms with Crippen LogP contribution in [0.3, 0.4) is 0 Å². The first-order valence-corrected chi connectivity index (χ1v) is 9.08. The minimum Gasteiger partial charge on any atom is -0.377 e. The number of hydrogen-bond acceptors (Lipinski definition) is 4. The van der Waals surface area contributed by atoms with Crippen LogP contribution >= 0.6 is 11.3 Å². The second kappa shape index (κ2) is 5.49. The molecule has 0 radical (unpaired) electrons. The molecule has 1 aliphatic heterocycles. The zero-order valence-corrected chi connectivity index (χ0v) is 13.7. The first-order valence-electron chi connectivity index (χ1n) is 8.26. The molecule has 1 aromatic rings. The van der Waals surface area contributed by atoms with Gasteiger partial charge in [-0.15, -0.1) is 11.3 Å². The van der Waals surface area contributed by atoms with E-state index < -0.39 is 0 Å². The smallest absolute Gasteiger partial charge is 0.315 e. The van der Waals surface area contributed by atoms with Gasteiger partial charge < -0.3 is 15.4 Å². The maximum Gasteiger partial charge on any atom is 0.315 e. The van der Waals surface area contributed by atoms with E-state index in [1.807, 2.05) is 13.1 Å². The third-order valence-corrected chi connectivity index (χ3v) is 6.58. The molecule has 1 spiro atoms. The van der Waals surface area contributed by atoms with Gasteiger partial charge in [0.05, 0.1) is 17.7 Å². The number of amides is 2. The van der Waals surface area contributed by atoms with Gasteiger partial charge in [0.25, 0.3) is 0 Å². The normalized spacial score (nSPS) is 31.8. The molecule has 6 heteroatoms. The van der Waals surface area contributed by atoms with Crippen LogP contribution in [0.25, 0.3) is 0 Å². The van der Waals surface area contributed by atoms with Crippen LogP contribution in [0.1, 0.15) is 42.0 Å². The average Bonchev–Trinajstić information content (AvgIpc) is 3.22.